The number of pyridine rings is 1. The van der Waals surface area contributed by atoms with Gasteiger partial charge in [-0.25, -0.2) is 4.98 Å². The van der Waals surface area contributed by atoms with Crippen LogP contribution in [0, 0.1) is 0 Å². The van der Waals surface area contributed by atoms with Gasteiger partial charge in [0.05, 0.1) is 13.2 Å². The largest absolute Gasteiger partial charge is 0.493 e. The molecular formula is C17H24N2O2. The van der Waals surface area contributed by atoms with E-state index in [1.807, 2.05) is 33.0 Å². The summed E-state index contributed by atoms with van der Waals surface area (Å²) in [6.07, 6.45) is 2.07. The highest BCUT2D eigenvalue weighted by atomic mass is 16.5. The summed E-state index contributed by atoms with van der Waals surface area (Å²) < 4.78 is 11.4. The first-order valence-electron chi connectivity index (χ1n) is 7.65. The molecule has 0 atom stereocenters. The van der Waals surface area contributed by atoms with Gasteiger partial charge in [0.1, 0.15) is 22.8 Å². The lowest BCUT2D eigenvalue weighted by molar-refractivity contribution is 0.336. The number of rotatable bonds is 7. The molecule has 4 heteroatoms. The molecule has 0 amide bonds. The standard InChI is InChI=1S/C17H24N2O2/c1-5-8-12-11-13-14(20-6-2)9-10-15(21-7-3)16(13)19-17(12)18-4/h9-11H,5-8H2,1-4H3,(H,18,19). The number of aryl methyl sites for hydroxylation is 1. The van der Waals surface area contributed by atoms with Gasteiger partial charge in [0, 0.05) is 12.4 Å². The summed E-state index contributed by atoms with van der Waals surface area (Å²) in [5.41, 5.74) is 2.06. The molecule has 1 aromatic carbocycles. The van der Waals surface area contributed by atoms with Crippen molar-refractivity contribution in [1.29, 1.82) is 0 Å². The first-order valence-corrected chi connectivity index (χ1v) is 7.65. The molecule has 2 aromatic rings. The van der Waals surface area contributed by atoms with E-state index in [4.69, 9.17) is 14.5 Å². The number of benzene rings is 1. The van der Waals surface area contributed by atoms with Gasteiger partial charge in [-0.15, -0.1) is 0 Å². The fraction of sp³-hybridized carbons (Fsp3) is 0.471. The van der Waals surface area contributed by atoms with E-state index in [0.717, 1.165) is 41.1 Å². The molecule has 1 N–H and O–H groups in total. The molecule has 0 aliphatic carbocycles. The van der Waals surface area contributed by atoms with Crippen molar-refractivity contribution in [3.8, 4) is 11.5 Å². The third-order valence-electron chi connectivity index (χ3n) is 3.34. The molecule has 0 saturated heterocycles. The highest BCUT2D eigenvalue weighted by molar-refractivity contribution is 5.92. The minimum Gasteiger partial charge on any atom is -0.493 e. The van der Waals surface area contributed by atoms with Gasteiger partial charge < -0.3 is 14.8 Å². The number of nitrogens with one attached hydrogen (secondary N) is 1. The summed E-state index contributed by atoms with van der Waals surface area (Å²) in [6.45, 7) is 7.40. The van der Waals surface area contributed by atoms with Crippen LogP contribution in [0.4, 0.5) is 5.82 Å². The molecule has 0 saturated carbocycles. The van der Waals surface area contributed by atoms with Crippen molar-refractivity contribution in [3.63, 3.8) is 0 Å². The number of nitrogens with zero attached hydrogens (tertiary/aromatic N) is 1. The Bertz CT molecular complexity index is 611. The zero-order valence-corrected chi connectivity index (χ0v) is 13.3. The third-order valence-corrected chi connectivity index (χ3v) is 3.34. The molecule has 0 unspecified atom stereocenters. The van der Waals surface area contributed by atoms with Crippen LogP contribution in [-0.2, 0) is 6.42 Å². The first-order chi connectivity index (χ1) is 10.2. The summed E-state index contributed by atoms with van der Waals surface area (Å²) >= 11 is 0. The average Bonchev–Trinajstić information content (AvgIpc) is 2.50. The minimum absolute atomic E-state index is 0.621. The van der Waals surface area contributed by atoms with Gasteiger partial charge >= 0.3 is 0 Å². The number of fused-ring (bicyclic) bond motifs is 1. The smallest absolute Gasteiger partial charge is 0.145 e. The summed E-state index contributed by atoms with van der Waals surface area (Å²) in [7, 11) is 1.90. The Morgan fingerprint density at radius 3 is 2.33 bits per heavy atom. The van der Waals surface area contributed by atoms with Crippen LogP contribution in [0.15, 0.2) is 18.2 Å². The maximum Gasteiger partial charge on any atom is 0.145 e. The number of ether oxygens (including phenoxy) is 2. The molecule has 4 nitrogen and oxygen atoms in total. The molecule has 1 heterocycles. The second-order valence-electron chi connectivity index (χ2n) is 4.82. The van der Waals surface area contributed by atoms with Gasteiger partial charge in [0.15, 0.2) is 0 Å². The highest BCUT2D eigenvalue weighted by Crippen LogP contribution is 2.35. The van der Waals surface area contributed by atoms with E-state index in [2.05, 4.69) is 18.3 Å². The van der Waals surface area contributed by atoms with Gasteiger partial charge in [0.2, 0.25) is 0 Å². The molecule has 0 aliphatic rings. The van der Waals surface area contributed by atoms with Crippen LogP contribution in [0.3, 0.4) is 0 Å². The lowest BCUT2D eigenvalue weighted by Crippen LogP contribution is -2.03. The SMILES string of the molecule is CCCc1cc2c(OCC)ccc(OCC)c2nc1NC. The maximum atomic E-state index is 5.74. The third kappa shape index (κ3) is 3.20. The van der Waals surface area contributed by atoms with Crippen LogP contribution in [0.25, 0.3) is 10.9 Å². The Hall–Kier alpha value is -1.97. The summed E-state index contributed by atoms with van der Waals surface area (Å²) in [5, 5.41) is 4.20. The van der Waals surface area contributed by atoms with Crippen molar-refractivity contribution in [2.75, 3.05) is 25.6 Å². The maximum absolute atomic E-state index is 5.74. The predicted octanol–water partition coefficient (Wildman–Crippen LogP) is 4.03. The zero-order valence-electron chi connectivity index (χ0n) is 13.3. The van der Waals surface area contributed by atoms with Crippen molar-refractivity contribution in [2.45, 2.75) is 33.6 Å². The molecule has 21 heavy (non-hydrogen) atoms. The molecule has 0 bridgehead atoms. The molecular weight excluding hydrogens is 264 g/mol. The Kier molecular flexibility index (Phi) is 5.26. The van der Waals surface area contributed by atoms with Crippen LogP contribution in [0.5, 0.6) is 11.5 Å². The van der Waals surface area contributed by atoms with Crippen molar-refractivity contribution in [1.82, 2.24) is 4.98 Å². The van der Waals surface area contributed by atoms with Crippen LogP contribution >= 0.6 is 0 Å². The molecule has 0 aliphatic heterocycles. The highest BCUT2D eigenvalue weighted by Gasteiger charge is 2.13. The Labute approximate surface area is 126 Å². The van der Waals surface area contributed by atoms with Crippen molar-refractivity contribution >= 4 is 16.7 Å². The van der Waals surface area contributed by atoms with Gasteiger partial charge in [-0.05, 0) is 44.0 Å². The molecule has 0 radical (unpaired) electrons. The van der Waals surface area contributed by atoms with Crippen LogP contribution in [-0.4, -0.2) is 25.2 Å². The Balaban J connectivity index is 2.67. The predicted molar refractivity (Wildman–Crippen MR) is 87.6 cm³/mol. The molecule has 114 valence electrons. The number of hydrogen-bond donors (Lipinski definition) is 1. The number of aromatic nitrogens is 1. The van der Waals surface area contributed by atoms with E-state index < -0.39 is 0 Å². The lowest BCUT2D eigenvalue weighted by atomic mass is 10.1. The van der Waals surface area contributed by atoms with Gasteiger partial charge in [0.25, 0.3) is 0 Å². The van der Waals surface area contributed by atoms with Gasteiger partial charge in [-0.1, -0.05) is 13.3 Å². The summed E-state index contributed by atoms with van der Waals surface area (Å²) in [5.74, 6) is 2.58. The van der Waals surface area contributed by atoms with Crippen LogP contribution < -0.4 is 14.8 Å². The van der Waals surface area contributed by atoms with Gasteiger partial charge in [-0.2, -0.15) is 0 Å². The van der Waals surface area contributed by atoms with E-state index in [1.165, 1.54) is 5.56 Å². The normalized spacial score (nSPS) is 10.7. The molecule has 1 aromatic heterocycles. The quantitative estimate of drug-likeness (QED) is 0.835. The van der Waals surface area contributed by atoms with Crippen molar-refractivity contribution in [2.24, 2.45) is 0 Å². The fourth-order valence-electron chi connectivity index (χ4n) is 2.48. The molecule has 0 spiro atoms. The lowest BCUT2D eigenvalue weighted by Gasteiger charge is -2.15. The average molecular weight is 288 g/mol. The zero-order chi connectivity index (χ0) is 15.2. The van der Waals surface area contributed by atoms with E-state index in [-0.39, 0.29) is 0 Å². The van der Waals surface area contributed by atoms with E-state index in [1.54, 1.807) is 0 Å². The second-order valence-corrected chi connectivity index (χ2v) is 4.82. The molecule has 2 rings (SSSR count). The Morgan fingerprint density at radius 2 is 1.71 bits per heavy atom. The van der Waals surface area contributed by atoms with Crippen LogP contribution in [0.2, 0.25) is 0 Å². The summed E-state index contributed by atoms with van der Waals surface area (Å²) in [6, 6.07) is 6.07. The second kappa shape index (κ2) is 7.16. The fourth-order valence-corrected chi connectivity index (χ4v) is 2.48. The topological polar surface area (TPSA) is 43.4 Å². The number of anilines is 1. The van der Waals surface area contributed by atoms with Crippen molar-refractivity contribution in [3.05, 3.63) is 23.8 Å². The monoisotopic (exact) mass is 288 g/mol. The van der Waals surface area contributed by atoms with Crippen molar-refractivity contribution < 1.29 is 9.47 Å². The molecule has 0 fully saturated rings. The first kappa shape index (κ1) is 15.4. The minimum atomic E-state index is 0.621. The van der Waals surface area contributed by atoms with E-state index in [0.29, 0.717) is 13.2 Å². The van der Waals surface area contributed by atoms with E-state index >= 15 is 0 Å². The summed E-state index contributed by atoms with van der Waals surface area (Å²) in [4.78, 5) is 4.76. The number of hydrogen-bond acceptors (Lipinski definition) is 4. The van der Waals surface area contributed by atoms with E-state index in [9.17, 15) is 0 Å². The van der Waals surface area contributed by atoms with Crippen LogP contribution in [0.1, 0.15) is 32.8 Å². The Morgan fingerprint density at radius 1 is 1.05 bits per heavy atom. The van der Waals surface area contributed by atoms with Gasteiger partial charge in [-0.3, -0.25) is 0 Å².